The molecule has 174 valence electrons. The molecule has 0 radical (unpaired) electrons. The number of hydrogen-bond donors (Lipinski definition) is 0. The number of fused-ring (bicyclic) bond motifs is 1. The van der Waals surface area contributed by atoms with Crippen molar-refractivity contribution in [1.29, 1.82) is 0 Å². The fourth-order valence-corrected chi connectivity index (χ4v) is 5.89. The van der Waals surface area contributed by atoms with E-state index in [1.54, 1.807) is 12.0 Å². The number of methoxy groups -OCH3 is 1. The molecule has 3 atom stereocenters. The Hall–Kier alpha value is -3.49. The Balaban J connectivity index is 1.62. The van der Waals surface area contributed by atoms with E-state index in [4.69, 9.17) is 9.57 Å². The zero-order valence-electron chi connectivity index (χ0n) is 19.3. The number of aryl methyl sites for hydroxylation is 2. The fourth-order valence-electron chi connectivity index (χ4n) is 4.73. The van der Waals surface area contributed by atoms with E-state index in [0.29, 0.717) is 10.6 Å². The molecule has 0 saturated carbocycles. The van der Waals surface area contributed by atoms with Crippen molar-refractivity contribution < 1.29 is 24.0 Å². The van der Waals surface area contributed by atoms with Crippen molar-refractivity contribution in [3.8, 4) is 0 Å². The van der Waals surface area contributed by atoms with Gasteiger partial charge in [0, 0.05) is 4.88 Å². The molecule has 2 aliphatic heterocycles. The van der Waals surface area contributed by atoms with E-state index in [0.717, 1.165) is 26.6 Å². The molecule has 0 unspecified atom stereocenters. The predicted octanol–water partition coefficient (Wildman–Crippen LogP) is 4.51. The number of ether oxygens (including phenoxy) is 1. The summed E-state index contributed by atoms with van der Waals surface area (Å²) in [4.78, 5) is 48.2. The standard InChI is InChI=1S/C26H24N2O5S/c1-14-10-8-9-13-18(14)28-21(17-11-6-5-7-12-17)20-22(33-28)24(30)27(23(20)29)25-19(26(31)32-4)15(2)16(3)34-25/h5-13,20-22H,1-4H3/t20-,21-,22+/m0/s1. The van der Waals surface area contributed by atoms with Gasteiger partial charge in [-0.25, -0.2) is 14.8 Å². The molecule has 2 aliphatic rings. The quantitative estimate of drug-likeness (QED) is 0.407. The number of imide groups is 1. The number of hydroxylamine groups is 1. The zero-order valence-corrected chi connectivity index (χ0v) is 20.1. The van der Waals surface area contributed by atoms with E-state index in [9.17, 15) is 14.4 Å². The number of nitrogens with zero attached hydrogens (tertiary/aromatic N) is 2. The number of esters is 1. The molecule has 0 bridgehead atoms. The summed E-state index contributed by atoms with van der Waals surface area (Å²) in [6.07, 6.45) is -0.995. The highest BCUT2D eigenvalue weighted by Gasteiger charge is 2.61. The van der Waals surface area contributed by atoms with Crippen molar-refractivity contribution in [3.63, 3.8) is 0 Å². The number of benzene rings is 2. The van der Waals surface area contributed by atoms with Crippen molar-refractivity contribution in [1.82, 2.24) is 0 Å². The third-order valence-electron chi connectivity index (χ3n) is 6.57. The lowest BCUT2D eigenvalue weighted by atomic mass is 9.90. The molecule has 2 saturated heterocycles. The Kier molecular flexibility index (Phi) is 5.50. The van der Waals surface area contributed by atoms with Gasteiger partial charge in [0.1, 0.15) is 10.9 Å². The van der Waals surface area contributed by atoms with E-state index in [2.05, 4.69) is 0 Å². The highest BCUT2D eigenvalue weighted by Crippen LogP contribution is 2.50. The van der Waals surface area contributed by atoms with Crippen molar-refractivity contribution in [2.45, 2.75) is 32.9 Å². The number of amides is 2. The van der Waals surface area contributed by atoms with Gasteiger partial charge in [0.05, 0.1) is 24.4 Å². The highest BCUT2D eigenvalue weighted by molar-refractivity contribution is 7.17. The lowest BCUT2D eigenvalue weighted by Crippen LogP contribution is -2.37. The lowest BCUT2D eigenvalue weighted by Gasteiger charge is -2.29. The first-order chi connectivity index (χ1) is 16.3. The normalized spacial score (nSPS) is 21.8. The molecule has 34 heavy (non-hydrogen) atoms. The van der Waals surface area contributed by atoms with Crippen LogP contribution in [0.1, 0.15) is 38.0 Å². The molecular weight excluding hydrogens is 452 g/mol. The van der Waals surface area contributed by atoms with E-state index >= 15 is 0 Å². The summed E-state index contributed by atoms with van der Waals surface area (Å²) in [5, 5.41) is 1.99. The minimum absolute atomic E-state index is 0.249. The molecule has 0 N–H and O–H groups in total. The molecular formula is C26H24N2O5S. The Morgan fingerprint density at radius 2 is 1.65 bits per heavy atom. The van der Waals surface area contributed by atoms with Crippen molar-refractivity contribution in [2.24, 2.45) is 5.92 Å². The average Bonchev–Trinajstić information content (AvgIpc) is 3.44. The van der Waals surface area contributed by atoms with Crippen molar-refractivity contribution in [3.05, 3.63) is 81.7 Å². The Bertz CT molecular complexity index is 1300. The third-order valence-corrected chi connectivity index (χ3v) is 7.76. The highest BCUT2D eigenvalue weighted by atomic mass is 32.1. The first kappa shape index (κ1) is 22.3. The maximum absolute atomic E-state index is 13.9. The van der Waals surface area contributed by atoms with Gasteiger partial charge in [-0.3, -0.25) is 14.4 Å². The molecule has 2 fully saturated rings. The monoisotopic (exact) mass is 476 g/mol. The topological polar surface area (TPSA) is 76.2 Å². The van der Waals surface area contributed by atoms with Crippen LogP contribution < -0.4 is 9.96 Å². The summed E-state index contributed by atoms with van der Waals surface area (Å²) in [6, 6.07) is 16.8. The SMILES string of the molecule is COC(=O)c1c(N2C(=O)[C@@H]3[C@@H](ON(c4ccccc4C)[C@H]3c3ccccc3)C2=O)sc(C)c1C. The Morgan fingerprint density at radius 3 is 2.32 bits per heavy atom. The smallest absolute Gasteiger partial charge is 0.341 e. The zero-order chi connectivity index (χ0) is 24.1. The predicted molar refractivity (Wildman–Crippen MR) is 129 cm³/mol. The van der Waals surface area contributed by atoms with Crippen molar-refractivity contribution in [2.75, 3.05) is 17.1 Å². The molecule has 8 heteroatoms. The number of anilines is 2. The van der Waals surface area contributed by atoms with Crippen LogP contribution in [0.2, 0.25) is 0 Å². The van der Waals surface area contributed by atoms with Gasteiger partial charge < -0.3 is 4.74 Å². The van der Waals surface area contributed by atoms with Gasteiger partial charge in [-0.15, -0.1) is 11.3 Å². The molecule has 2 aromatic carbocycles. The van der Waals surface area contributed by atoms with Gasteiger partial charge in [0.2, 0.25) is 5.91 Å². The summed E-state index contributed by atoms with van der Waals surface area (Å²) in [7, 11) is 1.29. The van der Waals surface area contributed by atoms with Gasteiger partial charge in [-0.2, -0.15) is 0 Å². The maximum atomic E-state index is 13.9. The minimum atomic E-state index is -0.995. The summed E-state index contributed by atoms with van der Waals surface area (Å²) >= 11 is 1.24. The lowest BCUT2D eigenvalue weighted by molar-refractivity contribution is -0.126. The molecule has 3 heterocycles. The number of thiophene rings is 1. The van der Waals surface area contributed by atoms with Crippen LogP contribution in [0, 0.1) is 26.7 Å². The van der Waals surface area contributed by atoms with Gasteiger partial charge in [-0.05, 0) is 43.5 Å². The number of hydrogen-bond acceptors (Lipinski definition) is 7. The first-order valence-electron chi connectivity index (χ1n) is 11.0. The van der Waals surface area contributed by atoms with E-state index < -0.39 is 29.9 Å². The Morgan fingerprint density at radius 1 is 0.971 bits per heavy atom. The van der Waals surface area contributed by atoms with E-state index in [-0.39, 0.29) is 11.5 Å². The second kappa shape index (κ2) is 8.38. The van der Waals surface area contributed by atoms with Crippen LogP contribution in [-0.2, 0) is 19.2 Å². The largest absolute Gasteiger partial charge is 0.465 e. The molecule has 7 nitrogen and oxygen atoms in total. The van der Waals surface area contributed by atoms with Crippen LogP contribution in [0.4, 0.5) is 10.7 Å². The number of para-hydroxylation sites is 1. The van der Waals surface area contributed by atoms with Crippen LogP contribution in [0.3, 0.4) is 0 Å². The Labute approximate surface area is 201 Å². The van der Waals surface area contributed by atoms with Crippen LogP contribution in [0.5, 0.6) is 0 Å². The van der Waals surface area contributed by atoms with Crippen LogP contribution in [0.15, 0.2) is 54.6 Å². The molecule has 2 amide bonds. The minimum Gasteiger partial charge on any atom is -0.465 e. The second-order valence-corrected chi connectivity index (χ2v) is 9.69. The van der Waals surface area contributed by atoms with Gasteiger partial charge >= 0.3 is 5.97 Å². The van der Waals surface area contributed by atoms with Crippen molar-refractivity contribution >= 4 is 39.8 Å². The van der Waals surface area contributed by atoms with Crippen LogP contribution in [0.25, 0.3) is 0 Å². The van der Waals surface area contributed by atoms with Gasteiger partial charge in [0.25, 0.3) is 5.91 Å². The molecule has 0 aliphatic carbocycles. The van der Waals surface area contributed by atoms with E-state index in [1.807, 2.05) is 68.4 Å². The molecule has 5 rings (SSSR count). The fraction of sp³-hybridized carbons (Fsp3) is 0.269. The number of rotatable bonds is 4. The molecule has 3 aromatic rings. The summed E-state index contributed by atoms with van der Waals surface area (Å²) in [5.41, 5.74) is 3.59. The number of carbonyl (C=O) groups is 3. The van der Waals surface area contributed by atoms with Crippen LogP contribution >= 0.6 is 11.3 Å². The summed E-state index contributed by atoms with van der Waals surface area (Å²) in [5.74, 6) is -2.19. The number of carbonyl (C=O) groups excluding carboxylic acids is 3. The van der Waals surface area contributed by atoms with Crippen LogP contribution in [-0.4, -0.2) is 31.0 Å². The second-order valence-electron chi connectivity index (χ2n) is 8.49. The molecule has 0 spiro atoms. The van der Waals surface area contributed by atoms with E-state index in [1.165, 1.54) is 18.4 Å². The average molecular weight is 477 g/mol. The summed E-state index contributed by atoms with van der Waals surface area (Å²) < 4.78 is 4.95. The molecule has 1 aromatic heterocycles. The van der Waals surface area contributed by atoms with Gasteiger partial charge in [-0.1, -0.05) is 48.5 Å². The van der Waals surface area contributed by atoms with Gasteiger partial charge in [0.15, 0.2) is 6.10 Å². The maximum Gasteiger partial charge on any atom is 0.341 e. The first-order valence-corrected chi connectivity index (χ1v) is 11.8. The third kappa shape index (κ3) is 3.25. The summed E-state index contributed by atoms with van der Waals surface area (Å²) in [6.45, 7) is 5.60.